The highest BCUT2D eigenvalue weighted by Crippen LogP contribution is 2.45. The van der Waals surface area contributed by atoms with Crippen molar-refractivity contribution < 1.29 is 0 Å². The summed E-state index contributed by atoms with van der Waals surface area (Å²) in [5.74, 6) is 1.28. The lowest BCUT2D eigenvalue weighted by molar-refractivity contribution is 0.698. The SMILES string of the molecule is [c]1ccc(C2Cc3cccc4cccc2c34)c(C2CCCC2)c1. The number of rotatable bonds is 2. The number of hydrogen-bond donors (Lipinski definition) is 0. The van der Waals surface area contributed by atoms with Crippen LogP contribution in [0.3, 0.4) is 0 Å². The smallest absolute Gasteiger partial charge is 0.0139 e. The molecule has 1 saturated carbocycles. The van der Waals surface area contributed by atoms with E-state index in [1.807, 2.05) is 0 Å². The molecule has 3 aromatic carbocycles. The Kier molecular flexibility index (Phi) is 3.04. The highest BCUT2D eigenvalue weighted by molar-refractivity contribution is 5.92. The van der Waals surface area contributed by atoms with Gasteiger partial charge < -0.3 is 0 Å². The lowest BCUT2D eigenvalue weighted by Gasteiger charge is -2.20. The maximum Gasteiger partial charge on any atom is 0.0139 e. The van der Waals surface area contributed by atoms with Gasteiger partial charge in [-0.2, -0.15) is 0 Å². The third-order valence-corrected chi connectivity index (χ3v) is 5.92. The van der Waals surface area contributed by atoms with Crippen molar-refractivity contribution in [3.8, 4) is 0 Å². The van der Waals surface area contributed by atoms with Gasteiger partial charge in [0.05, 0.1) is 0 Å². The molecule has 0 spiro atoms. The fraction of sp³-hybridized carbons (Fsp3) is 0.304. The van der Waals surface area contributed by atoms with Crippen molar-refractivity contribution >= 4 is 10.8 Å². The van der Waals surface area contributed by atoms with E-state index in [1.165, 1.54) is 47.6 Å². The molecule has 1 radical (unpaired) electrons. The molecule has 5 rings (SSSR count). The van der Waals surface area contributed by atoms with Gasteiger partial charge in [-0.05, 0) is 64.3 Å². The Morgan fingerprint density at radius 1 is 0.826 bits per heavy atom. The van der Waals surface area contributed by atoms with Crippen molar-refractivity contribution in [1.82, 2.24) is 0 Å². The molecule has 2 aliphatic rings. The second-order valence-electron chi connectivity index (χ2n) is 7.16. The Bertz CT molecular complexity index is 863. The molecule has 113 valence electrons. The maximum atomic E-state index is 3.35. The summed E-state index contributed by atoms with van der Waals surface area (Å²) < 4.78 is 0. The first-order valence-electron chi connectivity index (χ1n) is 8.92. The predicted octanol–water partition coefficient (Wildman–Crippen LogP) is 5.99. The van der Waals surface area contributed by atoms with Crippen LogP contribution < -0.4 is 0 Å². The minimum atomic E-state index is 0.529. The quantitative estimate of drug-likeness (QED) is 0.545. The van der Waals surface area contributed by atoms with E-state index in [9.17, 15) is 0 Å². The third-order valence-electron chi connectivity index (χ3n) is 5.92. The molecule has 0 N–H and O–H groups in total. The molecule has 3 aromatic rings. The van der Waals surface area contributed by atoms with Crippen LogP contribution in [-0.2, 0) is 6.42 Å². The lowest BCUT2D eigenvalue weighted by atomic mass is 9.83. The van der Waals surface area contributed by atoms with Crippen LogP contribution in [0.5, 0.6) is 0 Å². The van der Waals surface area contributed by atoms with Crippen LogP contribution in [0.25, 0.3) is 10.8 Å². The molecule has 0 aromatic heterocycles. The first kappa shape index (κ1) is 13.4. The molecule has 2 aliphatic carbocycles. The summed E-state index contributed by atoms with van der Waals surface area (Å²) >= 11 is 0. The van der Waals surface area contributed by atoms with Gasteiger partial charge in [0.2, 0.25) is 0 Å². The average molecular weight is 297 g/mol. The molecule has 0 heteroatoms. The van der Waals surface area contributed by atoms with Crippen molar-refractivity contribution in [1.29, 1.82) is 0 Å². The van der Waals surface area contributed by atoms with Crippen LogP contribution in [0.1, 0.15) is 59.8 Å². The zero-order chi connectivity index (χ0) is 15.2. The molecule has 0 nitrogen and oxygen atoms in total. The molecule has 23 heavy (non-hydrogen) atoms. The first-order chi connectivity index (χ1) is 11.4. The van der Waals surface area contributed by atoms with Crippen molar-refractivity contribution in [2.24, 2.45) is 0 Å². The van der Waals surface area contributed by atoms with E-state index in [-0.39, 0.29) is 0 Å². The predicted molar refractivity (Wildman–Crippen MR) is 96.0 cm³/mol. The van der Waals surface area contributed by atoms with Gasteiger partial charge in [-0.25, -0.2) is 0 Å². The second kappa shape index (κ2) is 5.23. The van der Waals surface area contributed by atoms with Crippen LogP contribution in [0, 0.1) is 6.07 Å². The zero-order valence-corrected chi connectivity index (χ0v) is 13.4. The first-order valence-corrected chi connectivity index (χ1v) is 8.92. The van der Waals surface area contributed by atoms with Crippen molar-refractivity contribution in [3.63, 3.8) is 0 Å². The molecule has 1 atom stereocenters. The Labute approximate surface area is 138 Å². The minimum absolute atomic E-state index is 0.529. The van der Waals surface area contributed by atoms with Crippen LogP contribution in [0.2, 0.25) is 0 Å². The van der Waals surface area contributed by atoms with E-state index in [1.54, 1.807) is 11.1 Å². The second-order valence-corrected chi connectivity index (χ2v) is 7.16. The van der Waals surface area contributed by atoms with Gasteiger partial charge in [0.25, 0.3) is 0 Å². The molecular weight excluding hydrogens is 276 g/mol. The molecular formula is C23H21. The van der Waals surface area contributed by atoms with Gasteiger partial charge in [0, 0.05) is 5.92 Å². The monoisotopic (exact) mass is 297 g/mol. The van der Waals surface area contributed by atoms with Gasteiger partial charge >= 0.3 is 0 Å². The molecule has 0 amide bonds. The van der Waals surface area contributed by atoms with E-state index in [0.717, 1.165) is 12.3 Å². The minimum Gasteiger partial charge on any atom is -0.0614 e. The average Bonchev–Trinajstić information content (AvgIpc) is 3.25. The molecule has 1 fully saturated rings. The summed E-state index contributed by atoms with van der Waals surface area (Å²) in [6.07, 6.45) is 6.64. The normalized spacial score (nSPS) is 20.4. The molecule has 0 bridgehead atoms. The number of hydrogen-bond acceptors (Lipinski definition) is 0. The maximum absolute atomic E-state index is 3.35. The van der Waals surface area contributed by atoms with E-state index >= 15 is 0 Å². The van der Waals surface area contributed by atoms with Crippen molar-refractivity contribution in [2.75, 3.05) is 0 Å². The van der Waals surface area contributed by atoms with Gasteiger partial charge in [-0.3, -0.25) is 0 Å². The fourth-order valence-corrected chi connectivity index (χ4v) is 4.88. The summed E-state index contributed by atoms with van der Waals surface area (Å²) in [7, 11) is 0. The standard InChI is InChI=1S/C23H21/c1-2-8-16(7-1)19-12-3-4-13-20(19)22-15-18-11-5-9-17-10-6-14-21(22)23(17)18/h4-6,9-14,16,22H,1-2,7-8,15H2. The third kappa shape index (κ3) is 2.05. The summed E-state index contributed by atoms with van der Waals surface area (Å²) in [5.41, 5.74) is 6.18. The van der Waals surface area contributed by atoms with Crippen LogP contribution in [0.4, 0.5) is 0 Å². The van der Waals surface area contributed by atoms with E-state index in [0.29, 0.717) is 5.92 Å². The Morgan fingerprint density at radius 3 is 2.52 bits per heavy atom. The molecule has 0 saturated heterocycles. The van der Waals surface area contributed by atoms with E-state index in [2.05, 4.69) is 60.7 Å². The van der Waals surface area contributed by atoms with Crippen LogP contribution >= 0.6 is 0 Å². The molecule has 1 unspecified atom stereocenters. The van der Waals surface area contributed by atoms with Gasteiger partial charge in [0.1, 0.15) is 0 Å². The Balaban J connectivity index is 1.67. The highest BCUT2D eigenvalue weighted by Gasteiger charge is 2.29. The number of benzene rings is 3. The van der Waals surface area contributed by atoms with Crippen LogP contribution in [0.15, 0.2) is 54.6 Å². The van der Waals surface area contributed by atoms with Crippen molar-refractivity contribution in [3.05, 3.63) is 82.9 Å². The van der Waals surface area contributed by atoms with Gasteiger partial charge in [0.15, 0.2) is 0 Å². The van der Waals surface area contributed by atoms with Gasteiger partial charge in [-0.15, -0.1) is 0 Å². The fourth-order valence-electron chi connectivity index (χ4n) is 4.88. The van der Waals surface area contributed by atoms with Gasteiger partial charge in [-0.1, -0.05) is 67.4 Å². The lowest BCUT2D eigenvalue weighted by Crippen LogP contribution is -2.06. The summed E-state index contributed by atoms with van der Waals surface area (Å²) in [4.78, 5) is 0. The summed E-state index contributed by atoms with van der Waals surface area (Å²) in [6.45, 7) is 0. The Morgan fingerprint density at radius 2 is 1.65 bits per heavy atom. The van der Waals surface area contributed by atoms with E-state index in [4.69, 9.17) is 0 Å². The molecule has 0 aliphatic heterocycles. The largest absolute Gasteiger partial charge is 0.0614 e. The summed E-state index contributed by atoms with van der Waals surface area (Å²) in [6, 6.07) is 23.7. The topological polar surface area (TPSA) is 0 Å². The van der Waals surface area contributed by atoms with Crippen LogP contribution in [-0.4, -0.2) is 0 Å². The molecule has 0 heterocycles. The Hall–Kier alpha value is -2.08. The zero-order valence-electron chi connectivity index (χ0n) is 13.4. The van der Waals surface area contributed by atoms with E-state index < -0.39 is 0 Å². The summed E-state index contributed by atoms with van der Waals surface area (Å²) in [5, 5.41) is 2.90. The highest BCUT2D eigenvalue weighted by atomic mass is 14.3. The van der Waals surface area contributed by atoms with Crippen molar-refractivity contribution in [2.45, 2.75) is 43.9 Å².